The first-order valence-corrected chi connectivity index (χ1v) is 9.81. The van der Waals surface area contributed by atoms with Crippen molar-refractivity contribution in [2.75, 3.05) is 0 Å². The van der Waals surface area contributed by atoms with Gasteiger partial charge in [-0.25, -0.2) is 4.79 Å². The van der Waals surface area contributed by atoms with E-state index in [-0.39, 0.29) is 18.8 Å². The van der Waals surface area contributed by atoms with Crippen LogP contribution in [0.25, 0.3) is 0 Å². The van der Waals surface area contributed by atoms with Crippen molar-refractivity contribution in [1.29, 1.82) is 0 Å². The molecule has 0 aromatic heterocycles. The molecule has 0 atom stereocenters. The quantitative estimate of drug-likeness (QED) is 0.234. The SMILES string of the molecule is Cc1ccc(C(=O)CCCCCCC(=O)C(=O)OCc2ccccc2)cc1C. The standard InChI is InChI=1S/C24H28O4/c1-18-14-15-21(16-19(18)2)22(25)12-8-3-4-9-13-23(26)24(27)28-17-20-10-6-5-7-11-20/h5-7,10-11,14-16H,3-4,8-9,12-13,17H2,1-2H3. The van der Waals surface area contributed by atoms with Gasteiger partial charge in [-0.3, -0.25) is 9.59 Å². The molecule has 0 fully saturated rings. The molecule has 0 aliphatic rings. The average molecular weight is 380 g/mol. The minimum Gasteiger partial charge on any atom is -0.455 e. The third-order valence-electron chi connectivity index (χ3n) is 4.83. The Hall–Kier alpha value is -2.75. The molecule has 2 aromatic carbocycles. The largest absolute Gasteiger partial charge is 0.455 e. The molecule has 0 saturated heterocycles. The summed E-state index contributed by atoms with van der Waals surface area (Å²) in [5.74, 6) is -1.10. The minimum atomic E-state index is -0.770. The summed E-state index contributed by atoms with van der Waals surface area (Å²) in [5.41, 5.74) is 3.93. The van der Waals surface area contributed by atoms with Gasteiger partial charge < -0.3 is 4.74 Å². The van der Waals surface area contributed by atoms with Gasteiger partial charge in [0.15, 0.2) is 5.78 Å². The van der Waals surface area contributed by atoms with Gasteiger partial charge in [-0.05, 0) is 49.4 Å². The van der Waals surface area contributed by atoms with Gasteiger partial charge in [0.2, 0.25) is 5.78 Å². The smallest absolute Gasteiger partial charge is 0.374 e. The second-order valence-corrected chi connectivity index (χ2v) is 7.12. The van der Waals surface area contributed by atoms with E-state index < -0.39 is 11.8 Å². The van der Waals surface area contributed by atoms with Crippen LogP contribution in [0.15, 0.2) is 48.5 Å². The van der Waals surface area contributed by atoms with Crippen LogP contribution in [0.4, 0.5) is 0 Å². The van der Waals surface area contributed by atoms with Gasteiger partial charge in [-0.15, -0.1) is 0 Å². The van der Waals surface area contributed by atoms with E-state index in [2.05, 4.69) is 0 Å². The predicted molar refractivity (Wildman–Crippen MR) is 109 cm³/mol. The number of esters is 1. The van der Waals surface area contributed by atoms with Crippen LogP contribution in [-0.4, -0.2) is 17.5 Å². The van der Waals surface area contributed by atoms with Crippen molar-refractivity contribution in [3.63, 3.8) is 0 Å². The van der Waals surface area contributed by atoms with E-state index in [4.69, 9.17) is 4.74 Å². The molecule has 28 heavy (non-hydrogen) atoms. The lowest BCUT2D eigenvalue weighted by Crippen LogP contribution is -2.17. The molecule has 0 spiro atoms. The van der Waals surface area contributed by atoms with Crippen LogP contribution in [0.5, 0.6) is 0 Å². The molecular formula is C24H28O4. The Morgan fingerprint density at radius 3 is 2.14 bits per heavy atom. The summed E-state index contributed by atoms with van der Waals surface area (Å²) >= 11 is 0. The molecule has 0 saturated carbocycles. The zero-order valence-corrected chi connectivity index (χ0v) is 16.7. The summed E-state index contributed by atoms with van der Waals surface area (Å²) in [5, 5.41) is 0. The van der Waals surface area contributed by atoms with Crippen LogP contribution in [0.3, 0.4) is 0 Å². The number of ketones is 2. The Morgan fingerprint density at radius 2 is 1.46 bits per heavy atom. The second-order valence-electron chi connectivity index (χ2n) is 7.12. The maximum absolute atomic E-state index is 12.2. The lowest BCUT2D eigenvalue weighted by atomic mass is 10.00. The summed E-state index contributed by atoms with van der Waals surface area (Å²) in [4.78, 5) is 35.8. The zero-order chi connectivity index (χ0) is 20.4. The third-order valence-corrected chi connectivity index (χ3v) is 4.83. The lowest BCUT2D eigenvalue weighted by molar-refractivity contribution is -0.154. The Labute approximate surface area is 166 Å². The first-order valence-electron chi connectivity index (χ1n) is 9.81. The lowest BCUT2D eigenvalue weighted by Gasteiger charge is -2.05. The summed E-state index contributed by atoms with van der Waals surface area (Å²) in [6.07, 6.45) is 3.81. The van der Waals surface area contributed by atoms with Gasteiger partial charge in [-0.2, -0.15) is 0 Å². The molecule has 0 unspecified atom stereocenters. The van der Waals surface area contributed by atoms with Crippen molar-refractivity contribution in [2.24, 2.45) is 0 Å². The maximum atomic E-state index is 12.2. The summed E-state index contributed by atoms with van der Waals surface area (Å²) in [7, 11) is 0. The van der Waals surface area contributed by atoms with Crippen LogP contribution in [0.2, 0.25) is 0 Å². The van der Waals surface area contributed by atoms with E-state index in [9.17, 15) is 14.4 Å². The zero-order valence-electron chi connectivity index (χ0n) is 16.7. The summed E-state index contributed by atoms with van der Waals surface area (Å²) in [6.45, 7) is 4.16. The van der Waals surface area contributed by atoms with Crippen LogP contribution in [-0.2, 0) is 20.9 Å². The number of aryl methyl sites for hydroxylation is 2. The number of benzene rings is 2. The number of ether oxygens (including phenoxy) is 1. The fraction of sp³-hybridized carbons (Fsp3) is 0.375. The fourth-order valence-electron chi connectivity index (χ4n) is 2.89. The predicted octanol–water partition coefficient (Wildman–Crippen LogP) is 5.14. The first-order chi connectivity index (χ1) is 13.5. The Kier molecular flexibility index (Phi) is 8.60. The van der Waals surface area contributed by atoms with Crippen molar-refractivity contribution < 1.29 is 19.1 Å². The molecule has 0 bridgehead atoms. The number of rotatable bonds is 11. The molecule has 2 rings (SSSR count). The van der Waals surface area contributed by atoms with Gasteiger partial charge in [-0.1, -0.05) is 55.3 Å². The van der Waals surface area contributed by atoms with Gasteiger partial charge in [0.05, 0.1) is 0 Å². The average Bonchev–Trinajstić information content (AvgIpc) is 2.71. The topological polar surface area (TPSA) is 60.4 Å². The summed E-state index contributed by atoms with van der Waals surface area (Å²) < 4.78 is 5.03. The monoisotopic (exact) mass is 380 g/mol. The van der Waals surface area contributed by atoms with Gasteiger partial charge >= 0.3 is 5.97 Å². The second kappa shape index (κ2) is 11.2. The van der Waals surface area contributed by atoms with Crippen molar-refractivity contribution in [2.45, 2.75) is 59.0 Å². The number of hydrogen-bond acceptors (Lipinski definition) is 4. The van der Waals surface area contributed by atoms with Crippen molar-refractivity contribution in [3.8, 4) is 0 Å². The van der Waals surface area contributed by atoms with E-state index in [1.54, 1.807) is 0 Å². The molecular weight excluding hydrogens is 352 g/mol. The molecule has 0 N–H and O–H groups in total. The van der Waals surface area contributed by atoms with Gasteiger partial charge in [0.1, 0.15) is 6.61 Å². The third kappa shape index (κ3) is 7.10. The molecule has 0 radical (unpaired) electrons. The van der Waals surface area contributed by atoms with E-state index in [0.29, 0.717) is 12.8 Å². The Balaban J connectivity index is 1.58. The highest BCUT2D eigenvalue weighted by Crippen LogP contribution is 2.14. The molecule has 4 nitrogen and oxygen atoms in total. The molecule has 0 amide bonds. The number of carbonyl (C=O) groups is 3. The molecule has 4 heteroatoms. The van der Waals surface area contributed by atoms with E-state index >= 15 is 0 Å². The fourth-order valence-corrected chi connectivity index (χ4v) is 2.89. The first kappa shape index (κ1) is 21.5. The van der Waals surface area contributed by atoms with Crippen LogP contribution in [0, 0.1) is 13.8 Å². The number of unbranched alkanes of at least 4 members (excludes halogenated alkanes) is 3. The number of Topliss-reactive ketones (excluding diaryl/α,β-unsaturated/α-hetero) is 2. The molecule has 0 heterocycles. The molecule has 0 aliphatic carbocycles. The molecule has 148 valence electrons. The Morgan fingerprint density at radius 1 is 0.786 bits per heavy atom. The van der Waals surface area contributed by atoms with Crippen molar-refractivity contribution in [3.05, 3.63) is 70.8 Å². The van der Waals surface area contributed by atoms with Crippen LogP contribution >= 0.6 is 0 Å². The number of hydrogen-bond donors (Lipinski definition) is 0. The van der Waals surface area contributed by atoms with E-state index in [0.717, 1.165) is 36.0 Å². The van der Waals surface area contributed by atoms with Gasteiger partial charge in [0.25, 0.3) is 0 Å². The van der Waals surface area contributed by atoms with E-state index in [1.807, 2.05) is 62.4 Å². The highest BCUT2D eigenvalue weighted by Gasteiger charge is 2.15. The minimum absolute atomic E-state index is 0.117. The van der Waals surface area contributed by atoms with E-state index in [1.165, 1.54) is 5.56 Å². The molecule has 0 aliphatic heterocycles. The Bertz CT molecular complexity index is 809. The van der Waals surface area contributed by atoms with Crippen molar-refractivity contribution >= 4 is 17.5 Å². The van der Waals surface area contributed by atoms with Gasteiger partial charge in [0, 0.05) is 18.4 Å². The number of carbonyl (C=O) groups excluding carboxylic acids is 3. The normalized spacial score (nSPS) is 10.5. The maximum Gasteiger partial charge on any atom is 0.374 e. The highest BCUT2D eigenvalue weighted by molar-refractivity contribution is 6.33. The summed E-state index contributed by atoms with van der Waals surface area (Å²) in [6, 6.07) is 15.1. The van der Waals surface area contributed by atoms with Crippen LogP contribution in [0.1, 0.15) is 65.6 Å². The van der Waals surface area contributed by atoms with Crippen molar-refractivity contribution in [1.82, 2.24) is 0 Å². The molecule has 2 aromatic rings. The highest BCUT2D eigenvalue weighted by atomic mass is 16.5. The van der Waals surface area contributed by atoms with Crippen LogP contribution < -0.4 is 0 Å².